The van der Waals surface area contributed by atoms with Gasteiger partial charge in [-0.15, -0.1) is 0 Å². The first kappa shape index (κ1) is 15.9. The summed E-state index contributed by atoms with van der Waals surface area (Å²) in [4.78, 5) is 24.7. The van der Waals surface area contributed by atoms with Gasteiger partial charge in [-0.1, -0.05) is 36.4 Å². The Hall–Kier alpha value is -2.51. The summed E-state index contributed by atoms with van der Waals surface area (Å²) in [6.45, 7) is -0.298. The fourth-order valence-corrected chi connectivity index (χ4v) is 1.81. The first-order valence-electron chi connectivity index (χ1n) is 6.58. The van der Waals surface area contributed by atoms with Gasteiger partial charge in [-0.3, -0.25) is 14.3 Å². The average Bonchev–Trinajstić information content (AvgIpc) is 2.52. The van der Waals surface area contributed by atoms with Gasteiger partial charge in [0.1, 0.15) is 0 Å². The molecule has 0 saturated heterocycles. The van der Waals surface area contributed by atoms with E-state index in [2.05, 4.69) is 0 Å². The van der Waals surface area contributed by atoms with Crippen LogP contribution in [0.15, 0.2) is 52.2 Å². The normalized spacial score (nSPS) is 12.6. The summed E-state index contributed by atoms with van der Waals surface area (Å²) in [6.07, 6.45) is 3.05. The van der Waals surface area contributed by atoms with E-state index < -0.39 is 23.3 Å². The van der Waals surface area contributed by atoms with Crippen LogP contribution in [0.2, 0.25) is 0 Å². The molecule has 116 valence electrons. The van der Waals surface area contributed by atoms with Crippen LogP contribution in [0.1, 0.15) is 11.8 Å². The van der Waals surface area contributed by atoms with Crippen molar-refractivity contribution in [1.82, 2.24) is 9.55 Å². The Bertz CT molecular complexity index is 752. The van der Waals surface area contributed by atoms with E-state index in [1.807, 2.05) is 35.3 Å². The largest absolute Gasteiger partial charge is 0.394 e. The van der Waals surface area contributed by atoms with Crippen molar-refractivity contribution >= 4 is 6.08 Å². The molecule has 2 rings (SSSR count). The smallest absolute Gasteiger partial charge is 0.330 e. The molecule has 1 atom stereocenters. The molecule has 0 fully saturated rings. The van der Waals surface area contributed by atoms with Crippen molar-refractivity contribution in [3.63, 3.8) is 0 Å². The maximum atomic E-state index is 13.4. The summed E-state index contributed by atoms with van der Waals surface area (Å²) in [6, 6.07) is 9.23. The molecule has 0 saturated carbocycles. The average molecular weight is 306 g/mol. The SMILES string of the molecule is O=c1[nH]c(=O)n(C(C=Cc2ccccc2)OCCO)cc1F. The number of aliphatic hydroxyl groups excluding tert-OH is 1. The molecular weight excluding hydrogens is 291 g/mol. The number of nitrogens with one attached hydrogen (secondary N) is 1. The van der Waals surface area contributed by atoms with Crippen LogP contribution in [0.3, 0.4) is 0 Å². The maximum Gasteiger partial charge on any atom is 0.330 e. The van der Waals surface area contributed by atoms with E-state index in [1.54, 1.807) is 6.08 Å². The highest BCUT2D eigenvalue weighted by molar-refractivity contribution is 5.48. The molecule has 0 aliphatic carbocycles. The molecule has 22 heavy (non-hydrogen) atoms. The van der Waals surface area contributed by atoms with Gasteiger partial charge in [-0.2, -0.15) is 4.39 Å². The summed E-state index contributed by atoms with van der Waals surface area (Å²) >= 11 is 0. The summed E-state index contributed by atoms with van der Waals surface area (Å²) in [5.41, 5.74) is -1.03. The van der Waals surface area contributed by atoms with Crippen molar-refractivity contribution in [3.05, 3.63) is 74.8 Å². The summed E-state index contributed by atoms with van der Waals surface area (Å²) < 4.78 is 19.6. The molecule has 0 aliphatic heterocycles. The second-order valence-electron chi connectivity index (χ2n) is 4.40. The number of nitrogens with zero attached hydrogens (tertiary/aromatic N) is 1. The van der Waals surface area contributed by atoms with Gasteiger partial charge in [-0.05, 0) is 11.6 Å². The number of ether oxygens (including phenoxy) is 1. The van der Waals surface area contributed by atoms with Crippen LogP contribution in [0.5, 0.6) is 0 Å². The Morgan fingerprint density at radius 1 is 1.32 bits per heavy atom. The molecular formula is C15H15FN2O4. The van der Waals surface area contributed by atoms with Crippen molar-refractivity contribution < 1.29 is 14.2 Å². The molecule has 0 aliphatic rings. The number of halogens is 1. The van der Waals surface area contributed by atoms with E-state index in [0.29, 0.717) is 0 Å². The molecule has 0 spiro atoms. The Balaban J connectivity index is 2.34. The van der Waals surface area contributed by atoms with Crippen molar-refractivity contribution in [3.8, 4) is 0 Å². The Labute approximate surface area is 125 Å². The molecule has 0 amide bonds. The van der Waals surface area contributed by atoms with Crippen molar-refractivity contribution in [2.45, 2.75) is 6.23 Å². The highest BCUT2D eigenvalue weighted by atomic mass is 19.1. The quantitative estimate of drug-likeness (QED) is 0.830. The van der Waals surface area contributed by atoms with Gasteiger partial charge >= 0.3 is 5.69 Å². The number of benzene rings is 1. The van der Waals surface area contributed by atoms with Crippen LogP contribution in [0.25, 0.3) is 6.08 Å². The molecule has 0 bridgehead atoms. The van der Waals surface area contributed by atoms with E-state index in [1.165, 1.54) is 6.08 Å². The topological polar surface area (TPSA) is 84.3 Å². The number of aromatic nitrogens is 2. The second kappa shape index (κ2) is 7.48. The molecule has 1 heterocycles. The zero-order chi connectivity index (χ0) is 15.9. The summed E-state index contributed by atoms with van der Waals surface area (Å²) in [5, 5.41) is 8.85. The lowest BCUT2D eigenvalue weighted by molar-refractivity contribution is 0.0125. The Morgan fingerprint density at radius 3 is 2.73 bits per heavy atom. The lowest BCUT2D eigenvalue weighted by Crippen LogP contribution is -2.34. The minimum absolute atomic E-state index is 0.0447. The number of aromatic amines is 1. The summed E-state index contributed by atoms with van der Waals surface area (Å²) in [5.74, 6) is -1.09. The maximum absolute atomic E-state index is 13.4. The van der Waals surface area contributed by atoms with E-state index in [0.717, 1.165) is 16.3 Å². The zero-order valence-electron chi connectivity index (χ0n) is 11.6. The lowest BCUT2D eigenvalue weighted by atomic mass is 10.2. The zero-order valence-corrected chi connectivity index (χ0v) is 11.6. The third-order valence-electron chi connectivity index (χ3n) is 2.83. The minimum atomic E-state index is -1.09. The molecule has 2 aromatic rings. The predicted octanol–water partition coefficient (Wildman–Crippen LogP) is 0.897. The minimum Gasteiger partial charge on any atom is -0.394 e. The third kappa shape index (κ3) is 4.00. The van der Waals surface area contributed by atoms with Crippen LogP contribution >= 0.6 is 0 Å². The van der Waals surface area contributed by atoms with Crippen molar-refractivity contribution in [2.75, 3.05) is 13.2 Å². The van der Waals surface area contributed by atoms with Gasteiger partial charge in [0.15, 0.2) is 6.23 Å². The van der Waals surface area contributed by atoms with E-state index >= 15 is 0 Å². The summed E-state index contributed by atoms with van der Waals surface area (Å²) in [7, 11) is 0. The molecule has 1 aromatic heterocycles. The number of H-pyrrole nitrogens is 1. The number of aliphatic hydroxyl groups is 1. The van der Waals surface area contributed by atoms with E-state index in [-0.39, 0.29) is 13.2 Å². The van der Waals surface area contributed by atoms with E-state index in [4.69, 9.17) is 9.84 Å². The third-order valence-corrected chi connectivity index (χ3v) is 2.83. The van der Waals surface area contributed by atoms with Crippen LogP contribution in [0.4, 0.5) is 4.39 Å². The molecule has 0 radical (unpaired) electrons. The molecule has 7 heteroatoms. The second-order valence-corrected chi connectivity index (χ2v) is 4.40. The first-order chi connectivity index (χ1) is 10.6. The standard InChI is InChI=1S/C15H15FN2O4/c16-12-10-18(15(21)17-14(12)20)13(22-9-8-19)7-6-11-4-2-1-3-5-11/h1-7,10,13,19H,8-9H2,(H,17,20,21). The number of rotatable bonds is 6. The van der Waals surface area contributed by atoms with Gasteiger partial charge < -0.3 is 9.84 Å². The fraction of sp³-hybridized carbons (Fsp3) is 0.200. The fourth-order valence-electron chi connectivity index (χ4n) is 1.81. The van der Waals surface area contributed by atoms with Crippen LogP contribution in [0, 0.1) is 5.82 Å². The molecule has 1 unspecified atom stereocenters. The Kier molecular flexibility index (Phi) is 5.40. The van der Waals surface area contributed by atoms with Gasteiger partial charge in [0, 0.05) is 0 Å². The first-order valence-corrected chi connectivity index (χ1v) is 6.58. The van der Waals surface area contributed by atoms with Crippen LogP contribution in [-0.4, -0.2) is 27.9 Å². The van der Waals surface area contributed by atoms with Gasteiger partial charge in [0.25, 0.3) is 5.56 Å². The highest BCUT2D eigenvalue weighted by Gasteiger charge is 2.12. The van der Waals surface area contributed by atoms with Crippen LogP contribution < -0.4 is 11.2 Å². The highest BCUT2D eigenvalue weighted by Crippen LogP contribution is 2.11. The van der Waals surface area contributed by atoms with Crippen molar-refractivity contribution in [1.29, 1.82) is 0 Å². The van der Waals surface area contributed by atoms with Crippen molar-refractivity contribution in [2.24, 2.45) is 0 Å². The predicted molar refractivity (Wildman–Crippen MR) is 78.8 cm³/mol. The molecule has 1 aromatic carbocycles. The number of hydrogen-bond donors (Lipinski definition) is 2. The van der Waals surface area contributed by atoms with Gasteiger partial charge in [0.2, 0.25) is 5.82 Å². The van der Waals surface area contributed by atoms with E-state index in [9.17, 15) is 14.0 Å². The molecule has 6 nitrogen and oxygen atoms in total. The Morgan fingerprint density at radius 2 is 2.05 bits per heavy atom. The van der Waals surface area contributed by atoms with Gasteiger partial charge in [-0.25, -0.2) is 4.79 Å². The molecule has 2 N–H and O–H groups in total. The van der Waals surface area contributed by atoms with Gasteiger partial charge in [0.05, 0.1) is 19.4 Å². The monoisotopic (exact) mass is 306 g/mol. The lowest BCUT2D eigenvalue weighted by Gasteiger charge is -2.16. The number of hydrogen-bond acceptors (Lipinski definition) is 4. The van der Waals surface area contributed by atoms with Crippen LogP contribution in [-0.2, 0) is 4.74 Å².